The number of hydrogen-bond donors (Lipinski definition) is 2. The lowest BCUT2D eigenvalue weighted by Gasteiger charge is -2.22. The van der Waals surface area contributed by atoms with Crippen molar-refractivity contribution >= 4 is 23.1 Å². The van der Waals surface area contributed by atoms with Crippen molar-refractivity contribution in [2.45, 2.75) is 20.3 Å². The fourth-order valence-electron chi connectivity index (χ4n) is 1.27. The van der Waals surface area contributed by atoms with Crippen molar-refractivity contribution in [3.63, 3.8) is 0 Å². The van der Waals surface area contributed by atoms with Gasteiger partial charge in [0.1, 0.15) is 5.75 Å². The fraction of sp³-hybridized carbons (Fsp3) is 0.417. The van der Waals surface area contributed by atoms with Gasteiger partial charge in [-0.2, -0.15) is 0 Å². The smallest absolute Gasteiger partial charge is 0.271 e. The Labute approximate surface area is 116 Å². The molecule has 104 valence electrons. The number of rotatable bonds is 6. The van der Waals surface area contributed by atoms with Crippen molar-refractivity contribution in [3.8, 4) is 5.75 Å². The van der Waals surface area contributed by atoms with Crippen LogP contribution in [0.5, 0.6) is 5.75 Å². The lowest BCUT2D eigenvalue weighted by atomic mass is 9.88. The number of ether oxygens (including phenoxy) is 1. The highest BCUT2D eigenvalue weighted by Crippen LogP contribution is 2.29. The van der Waals surface area contributed by atoms with Gasteiger partial charge in [-0.1, -0.05) is 25.4 Å². The van der Waals surface area contributed by atoms with E-state index in [2.05, 4.69) is 0 Å². The lowest BCUT2D eigenvalue weighted by Crippen LogP contribution is -2.32. The first-order valence-corrected chi connectivity index (χ1v) is 6.03. The second-order valence-electron chi connectivity index (χ2n) is 4.77. The average Bonchev–Trinajstić information content (AvgIpc) is 2.30. The van der Waals surface area contributed by atoms with Gasteiger partial charge in [0.15, 0.2) is 0 Å². The van der Waals surface area contributed by atoms with Crippen LogP contribution in [0.3, 0.4) is 0 Å². The number of nitro benzene ring substituents is 1. The maximum absolute atomic E-state index is 10.6. The van der Waals surface area contributed by atoms with Gasteiger partial charge in [-0.25, -0.2) is 0 Å². The Balaban J connectivity index is 2.64. The summed E-state index contributed by atoms with van der Waals surface area (Å²) in [6, 6.07) is 4.03. The van der Waals surface area contributed by atoms with Gasteiger partial charge in [0, 0.05) is 17.5 Å². The number of non-ortho nitro benzene ring substituents is 1. The molecular formula is C12H16ClN3O3. The second-order valence-corrected chi connectivity index (χ2v) is 5.18. The van der Waals surface area contributed by atoms with Crippen molar-refractivity contribution in [1.82, 2.24) is 0 Å². The minimum absolute atomic E-state index is 0.0820. The molecule has 0 bridgehead atoms. The molecule has 0 unspecified atom stereocenters. The summed E-state index contributed by atoms with van der Waals surface area (Å²) in [5.41, 5.74) is 4.93. The Kier molecular flexibility index (Phi) is 4.72. The third kappa shape index (κ3) is 4.10. The second kappa shape index (κ2) is 5.88. The van der Waals surface area contributed by atoms with E-state index in [9.17, 15) is 10.1 Å². The predicted octanol–water partition coefficient (Wildman–Crippen LogP) is 2.98. The molecule has 0 aliphatic carbocycles. The van der Waals surface area contributed by atoms with Gasteiger partial charge in [-0.15, -0.1) is 0 Å². The van der Waals surface area contributed by atoms with Gasteiger partial charge in [-0.3, -0.25) is 15.5 Å². The molecule has 1 aromatic rings. The standard InChI is InChI=1S/C12H16ClN3O3/c1-12(2,11(14)15)5-6-19-10-4-3-8(16(17)18)7-9(10)13/h3-4,7H,5-6H2,1-2H3,(H3,14,15). The van der Waals surface area contributed by atoms with Crippen LogP contribution in [0.4, 0.5) is 5.69 Å². The van der Waals surface area contributed by atoms with Crippen LogP contribution in [0.25, 0.3) is 0 Å². The summed E-state index contributed by atoms with van der Waals surface area (Å²) < 4.78 is 5.45. The van der Waals surface area contributed by atoms with E-state index in [1.807, 2.05) is 13.8 Å². The van der Waals surface area contributed by atoms with Crippen molar-refractivity contribution in [1.29, 1.82) is 5.41 Å². The van der Waals surface area contributed by atoms with Crippen molar-refractivity contribution in [2.75, 3.05) is 6.61 Å². The largest absolute Gasteiger partial charge is 0.492 e. The van der Waals surface area contributed by atoms with Gasteiger partial charge >= 0.3 is 0 Å². The molecule has 3 N–H and O–H groups in total. The van der Waals surface area contributed by atoms with E-state index in [1.165, 1.54) is 18.2 Å². The highest BCUT2D eigenvalue weighted by molar-refractivity contribution is 6.32. The SMILES string of the molecule is CC(C)(CCOc1ccc([N+](=O)[O-])cc1Cl)C(=N)N. The molecule has 0 aliphatic heterocycles. The van der Waals surface area contributed by atoms with Crippen LogP contribution in [0.15, 0.2) is 18.2 Å². The van der Waals surface area contributed by atoms with Crippen LogP contribution in [-0.4, -0.2) is 17.4 Å². The summed E-state index contributed by atoms with van der Waals surface area (Å²) in [4.78, 5) is 10.0. The summed E-state index contributed by atoms with van der Waals surface area (Å²) in [6.45, 7) is 4.01. The molecule has 0 amide bonds. The predicted molar refractivity (Wildman–Crippen MR) is 73.9 cm³/mol. The lowest BCUT2D eigenvalue weighted by molar-refractivity contribution is -0.384. The number of nitrogens with two attached hydrogens (primary N) is 1. The summed E-state index contributed by atoms with van der Waals surface area (Å²) in [5.74, 6) is 0.470. The van der Waals surface area contributed by atoms with Gasteiger partial charge < -0.3 is 10.5 Å². The van der Waals surface area contributed by atoms with Gasteiger partial charge in [-0.05, 0) is 12.5 Å². The zero-order valence-electron chi connectivity index (χ0n) is 10.8. The van der Waals surface area contributed by atoms with Crippen LogP contribution in [-0.2, 0) is 0 Å². The molecule has 1 aromatic carbocycles. The molecule has 0 aromatic heterocycles. The van der Waals surface area contributed by atoms with Crippen LogP contribution >= 0.6 is 11.6 Å². The van der Waals surface area contributed by atoms with Crippen LogP contribution < -0.4 is 10.5 Å². The Bertz CT molecular complexity index is 503. The summed E-state index contributed by atoms with van der Waals surface area (Å²) >= 11 is 5.89. The first kappa shape index (κ1) is 15.2. The molecule has 6 nitrogen and oxygen atoms in total. The average molecular weight is 286 g/mol. The Morgan fingerprint density at radius 3 is 2.68 bits per heavy atom. The van der Waals surface area contributed by atoms with E-state index in [0.29, 0.717) is 18.8 Å². The highest BCUT2D eigenvalue weighted by atomic mass is 35.5. The van der Waals surface area contributed by atoms with E-state index in [-0.39, 0.29) is 16.5 Å². The molecule has 0 aliphatic rings. The van der Waals surface area contributed by atoms with Gasteiger partial charge in [0.2, 0.25) is 0 Å². The van der Waals surface area contributed by atoms with E-state index in [4.69, 9.17) is 27.5 Å². The number of benzene rings is 1. The van der Waals surface area contributed by atoms with E-state index in [0.717, 1.165) is 0 Å². The number of amidine groups is 1. The Morgan fingerprint density at radius 2 is 2.21 bits per heavy atom. The van der Waals surface area contributed by atoms with Crippen LogP contribution in [0, 0.1) is 20.9 Å². The summed E-state index contributed by atoms with van der Waals surface area (Å²) in [5, 5.41) is 18.2. The minimum atomic E-state index is -0.519. The molecule has 0 spiro atoms. The number of nitrogens with one attached hydrogen (secondary N) is 1. The van der Waals surface area contributed by atoms with Crippen LogP contribution in [0.1, 0.15) is 20.3 Å². The maximum atomic E-state index is 10.6. The molecule has 0 saturated heterocycles. The third-order valence-corrected chi connectivity index (χ3v) is 3.14. The van der Waals surface area contributed by atoms with Crippen molar-refractivity contribution in [3.05, 3.63) is 33.3 Å². The highest BCUT2D eigenvalue weighted by Gasteiger charge is 2.21. The number of halogens is 1. The molecule has 0 heterocycles. The first-order valence-electron chi connectivity index (χ1n) is 5.65. The Hall–Kier alpha value is -1.82. The Morgan fingerprint density at radius 1 is 1.58 bits per heavy atom. The zero-order chi connectivity index (χ0) is 14.6. The molecular weight excluding hydrogens is 270 g/mol. The zero-order valence-corrected chi connectivity index (χ0v) is 11.5. The molecule has 19 heavy (non-hydrogen) atoms. The minimum Gasteiger partial charge on any atom is -0.492 e. The molecule has 0 atom stereocenters. The molecule has 0 radical (unpaired) electrons. The van der Waals surface area contributed by atoms with Crippen molar-refractivity contribution < 1.29 is 9.66 Å². The molecule has 0 saturated carbocycles. The number of hydrogen-bond acceptors (Lipinski definition) is 4. The van der Waals surface area contributed by atoms with Gasteiger partial charge in [0.25, 0.3) is 5.69 Å². The van der Waals surface area contributed by atoms with Crippen LogP contribution in [0.2, 0.25) is 5.02 Å². The van der Waals surface area contributed by atoms with Crippen molar-refractivity contribution in [2.24, 2.45) is 11.1 Å². The normalized spacial score (nSPS) is 11.1. The monoisotopic (exact) mass is 285 g/mol. The first-order chi connectivity index (χ1) is 8.74. The topological polar surface area (TPSA) is 102 Å². The molecule has 0 fully saturated rings. The summed E-state index contributed by atoms with van der Waals surface area (Å²) in [6.07, 6.45) is 0.551. The van der Waals surface area contributed by atoms with E-state index >= 15 is 0 Å². The van der Waals surface area contributed by atoms with E-state index < -0.39 is 10.3 Å². The third-order valence-electron chi connectivity index (χ3n) is 2.84. The summed E-state index contributed by atoms with van der Waals surface area (Å²) in [7, 11) is 0. The maximum Gasteiger partial charge on any atom is 0.271 e. The quantitative estimate of drug-likeness (QED) is 0.363. The van der Waals surface area contributed by atoms with Gasteiger partial charge in [0.05, 0.1) is 22.4 Å². The number of nitro groups is 1. The molecule has 7 heteroatoms. The van der Waals surface area contributed by atoms with E-state index in [1.54, 1.807) is 0 Å². The fourth-order valence-corrected chi connectivity index (χ4v) is 1.50. The number of nitrogens with zero attached hydrogens (tertiary/aromatic N) is 1. The molecule has 1 rings (SSSR count).